The Hall–Kier alpha value is -2.50. The van der Waals surface area contributed by atoms with Crippen LogP contribution in [0.15, 0.2) is 18.2 Å². The van der Waals surface area contributed by atoms with Crippen molar-refractivity contribution in [3.05, 3.63) is 29.6 Å². The molecular formula is C15H18N2O4. The first kappa shape index (κ1) is 14.9. The van der Waals surface area contributed by atoms with Crippen LogP contribution in [0.1, 0.15) is 23.1 Å². The van der Waals surface area contributed by atoms with Gasteiger partial charge in [-0.3, -0.25) is 0 Å². The van der Waals surface area contributed by atoms with Gasteiger partial charge in [0, 0.05) is 11.3 Å². The van der Waals surface area contributed by atoms with Crippen molar-refractivity contribution >= 4 is 5.97 Å². The maximum Gasteiger partial charge on any atom is 0.358 e. The second-order valence-corrected chi connectivity index (χ2v) is 4.35. The molecule has 0 amide bonds. The lowest BCUT2D eigenvalue weighted by Gasteiger charge is -2.08. The van der Waals surface area contributed by atoms with E-state index in [0.717, 1.165) is 5.56 Å². The highest BCUT2D eigenvalue weighted by atomic mass is 16.5. The van der Waals surface area contributed by atoms with Crippen LogP contribution >= 0.6 is 0 Å². The topological polar surface area (TPSA) is 73.4 Å². The van der Waals surface area contributed by atoms with E-state index >= 15 is 0 Å². The van der Waals surface area contributed by atoms with E-state index in [1.807, 2.05) is 6.07 Å². The van der Waals surface area contributed by atoms with Crippen LogP contribution in [-0.4, -0.2) is 36.8 Å². The molecule has 2 rings (SSSR count). The van der Waals surface area contributed by atoms with Crippen molar-refractivity contribution in [3.8, 4) is 22.9 Å². The number of rotatable bonds is 5. The minimum absolute atomic E-state index is 0.293. The number of nitrogens with zero attached hydrogens (tertiary/aromatic N) is 1. The first-order valence-electron chi connectivity index (χ1n) is 6.56. The zero-order valence-electron chi connectivity index (χ0n) is 12.5. The van der Waals surface area contributed by atoms with E-state index < -0.39 is 5.97 Å². The van der Waals surface area contributed by atoms with Gasteiger partial charge >= 0.3 is 5.97 Å². The van der Waals surface area contributed by atoms with E-state index in [1.165, 1.54) is 0 Å². The molecule has 112 valence electrons. The van der Waals surface area contributed by atoms with Gasteiger partial charge in [0.15, 0.2) is 17.2 Å². The molecule has 0 saturated carbocycles. The lowest BCUT2D eigenvalue weighted by Crippen LogP contribution is -2.06. The molecule has 21 heavy (non-hydrogen) atoms. The Balaban J connectivity index is 2.39. The molecule has 2 aromatic rings. The van der Waals surface area contributed by atoms with Gasteiger partial charge in [0.25, 0.3) is 0 Å². The molecule has 6 nitrogen and oxygen atoms in total. The summed E-state index contributed by atoms with van der Waals surface area (Å²) in [6.07, 6.45) is 0. The number of imidazole rings is 1. The molecule has 0 atom stereocenters. The Morgan fingerprint density at radius 2 is 1.95 bits per heavy atom. The van der Waals surface area contributed by atoms with Gasteiger partial charge in [-0.25, -0.2) is 9.78 Å². The number of benzene rings is 1. The molecule has 1 heterocycles. The third kappa shape index (κ3) is 2.99. The summed E-state index contributed by atoms with van der Waals surface area (Å²) in [5.74, 6) is 1.38. The van der Waals surface area contributed by atoms with Crippen LogP contribution in [0.5, 0.6) is 11.5 Å². The molecule has 0 spiro atoms. The molecule has 0 aliphatic rings. The zero-order chi connectivity index (χ0) is 15.4. The summed E-state index contributed by atoms with van der Waals surface area (Å²) in [6, 6.07) is 5.43. The molecule has 0 radical (unpaired) electrons. The average Bonchev–Trinajstić information content (AvgIpc) is 2.88. The number of aryl methyl sites for hydroxylation is 1. The van der Waals surface area contributed by atoms with Gasteiger partial charge in [-0.1, -0.05) is 0 Å². The second-order valence-electron chi connectivity index (χ2n) is 4.35. The van der Waals surface area contributed by atoms with Crippen molar-refractivity contribution < 1.29 is 19.0 Å². The van der Waals surface area contributed by atoms with Crippen molar-refractivity contribution in [1.82, 2.24) is 9.97 Å². The number of hydrogen-bond donors (Lipinski definition) is 1. The maximum absolute atomic E-state index is 11.8. The van der Waals surface area contributed by atoms with Crippen LogP contribution in [0.4, 0.5) is 0 Å². The van der Waals surface area contributed by atoms with Gasteiger partial charge in [-0.2, -0.15) is 0 Å². The fourth-order valence-corrected chi connectivity index (χ4v) is 1.98. The summed E-state index contributed by atoms with van der Waals surface area (Å²) in [4.78, 5) is 19.2. The van der Waals surface area contributed by atoms with Crippen molar-refractivity contribution in [3.63, 3.8) is 0 Å². The zero-order valence-corrected chi connectivity index (χ0v) is 12.5. The molecule has 6 heteroatoms. The van der Waals surface area contributed by atoms with Crippen molar-refractivity contribution in [2.45, 2.75) is 13.8 Å². The molecule has 0 saturated heterocycles. The number of methoxy groups -OCH3 is 2. The number of aromatic amines is 1. The molecule has 1 aromatic carbocycles. The minimum Gasteiger partial charge on any atom is -0.493 e. The Morgan fingerprint density at radius 3 is 2.57 bits per heavy atom. The van der Waals surface area contributed by atoms with Crippen LogP contribution in [0.25, 0.3) is 11.4 Å². The Kier molecular flexibility index (Phi) is 4.47. The number of carbonyl (C=O) groups excluding carboxylic acids is 1. The number of H-pyrrole nitrogens is 1. The van der Waals surface area contributed by atoms with E-state index in [2.05, 4.69) is 9.97 Å². The van der Waals surface area contributed by atoms with Crippen LogP contribution in [0.3, 0.4) is 0 Å². The van der Waals surface area contributed by atoms with Gasteiger partial charge in [-0.05, 0) is 32.0 Å². The molecule has 0 aliphatic carbocycles. The highest BCUT2D eigenvalue weighted by Gasteiger charge is 2.17. The van der Waals surface area contributed by atoms with Gasteiger partial charge in [0.05, 0.1) is 20.8 Å². The standard InChI is InChI=1S/C15H18N2O4/c1-5-21-15(18)13-9(2)16-14(17-13)10-6-7-11(19-3)12(8-10)20-4/h6-8H,5H2,1-4H3,(H,16,17). The fourth-order valence-electron chi connectivity index (χ4n) is 1.98. The number of ether oxygens (including phenoxy) is 3. The van der Waals surface area contributed by atoms with Gasteiger partial charge in [0.2, 0.25) is 0 Å². The monoisotopic (exact) mass is 290 g/mol. The number of esters is 1. The third-order valence-electron chi connectivity index (χ3n) is 3.01. The quantitative estimate of drug-likeness (QED) is 0.857. The molecule has 1 aromatic heterocycles. The van der Waals surface area contributed by atoms with Gasteiger partial charge < -0.3 is 19.2 Å². The summed E-state index contributed by atoms with van der Waals surface area (Å²) in [7, 11) is 3.15. The van der Waals surface area contributed by atoms with Gasteiger partial charge in [-0.15, -0.1) is 0 Å². The van der Waals surface area contributed by atoms with Crippen LogP contribution in [0.2, 0.25) is 0 Å². The third-order valence-corrected chi connectivity index (χ3v) is 3.01. The average molecular weight is 290 g/mol. The molecule has 0 unspecified atom stereocenters. The highest BCUT2D eigenvalue weighted by molar-refractivity contribution is 5.89. The second kappa shape index (κ2) is 6.30. The summed E-state index contributed by atoms with van der Waals surface area (Å²) in [6.45, 7) is 3.86. The van der Waals surface area contributed by atoms with E-state index in [9.17, 15) is 4.79 Å². The minimum atomic E-state index is -0.432. The summed E-state index contributed by atoms with van der Waals surface area (Å²) < 4.78 is 15.4. The number of carbonyl (C=O) groups is 1. The molecule has 0 aliphatic heterocycles. The number of aromatic nitrogens is 2. The number of nitrogens with one attached hydrogen (secondary N) is 1. The lowest BCUT2D eigenvalue weighted by atomic mass is 10.2. The van der Waals surface area contributed by atoms with Crippen molar-refractivity contribution in [2.75, 3.05) is 20.8 Å². The first-order chi connectivity index (χ1) is 10.1. The first-order valence-corrected chi connectivity index (χ1v) is 6.56. The molecular weight excluding hydrogens is 272 g/mol. The van der Waals surface area contributed by atoms with Crippen LogP contribution in [-0.2, 0) is 4.74 Å². The van der Waals surface area contributed by atoms with Crippen molar-refractivity contribution in [2.24, 2.45) is 0 Å². The van der Waals surface area contributed by atoms with Crippen LogP contribution < -0.4 is 9.47 Å². The SMILES string of the molecule is CCOC(=O)c1nc(-c2ccc(OC)c(OC)c2)[nH]c1C. The predicted molar refractivity (Wildman–Crippen MR) is 77.8 cm³/mol. The summed E-state index contributed by atoms with van der Waals surface area (Å²) in [5.41, 5.74) is 1.76. The fraction of sp³-hybridized carbons (Fsp3) is 0.333. The summed E-state index contributed by atoms with van der Waals surface area (Å²) in [5, 5.41) is 0. The maximum atomic E-state index is 11.8. The van der Waals surface area contributed by atoms with E-state index in [0.29, 0.717) is 35.3 Å². The Labute approximate surface area is 123 Å². The molecule has 0 bridgehead atoms. The summed E-state index contributed by atoms with van der Waals surface area (Å²) >= 11 is 0. The highest BCUT2D eigenvalue weighted by Crippen LogP contribution is 2.31. The normalized spacial score (nSPS) is 10.3. The molecule has 0 fully saturated rings. The van der Waals surface area contributed by atoms with E-state index in [4.69, 9.17) is 14.2 Å². The molecule has 1 N–H and O–H groups in total. The van der Waals surface area contributed by atoms with E-state index in [1.54, 1.807) is 40.2 Å². The lowest BCUT2D eigenvalue weighted by molar-refractivity contribution is 0.0519. The number of hydrogen-bond acceptors (Lipinski definition) is 5. The Bertz CT molecular complexity index is 649. The van der Waals surface area contributed by atoms with Crippen LogP contribution in [0, 0.1) is 6.92 Å². The Morgan fingerprint density at radius 1 is 1.24 bits per heavy atom. The van der Waals surface area contributed by atoms with Crippen molar-refractivity contribution in [1.29, 1.82) is 0 Å². The predicted octanol–water partition coefficient (Wildman–Crippen LogP) is 2.58. The smallest absolute Gasteiger partial charge is 0.358 e. The van der Waals surface area contributed by atoms with E-state index in [-0.39, 0.29) is 0 Å². The largest absolute Gasteiger partial charge is 0.493 e. The van der Waals surface area contributed by atoms with Gasteiger partial charge in [0.1, 0.15) is 5.82 Å².